The van der Waals surface area contributed by atoms with E-state index in [1.165, 1.54) is 12.0 Å². The summed E-state index contributed by atoms with van der Waals surface area (Å²) >= 11 is 0. The second kappa shape index (κ2) is 6.80. The van der Waals surface area contributed by atoms with E-state index in [-0.39, 0.29) is 11.9 Å². The number of rotatable bonds is 2. The SMILES string of the molecule is Cc1ccc(-c2cc(C(=O)N3CCCCC3C)c3c(C)nn(C)c3n2)cc1. The highest BCUT2D eigenvalue weighted by molar-refractivity contribution is 6.07. The summed E-state index contributed by atoms with van der Waals surface area (Å²) in [6.45, 7) is 6.99. The molecule has 2 aromatic heterocycles. The molecule has 0 spiro atoms. The van der Waals surface area contributed by atoms with Gasteiger partial charge in [0.05, 0.1) is 22.3 Å². The van der Waals surface area contributed by atoms with Gasteiger partial charge in [-0.15, -0.1) is 0 Å². The van der Waals surface area contributed by atoms with Crippen molar-refractivity contribution in [2.45, 2.75) is 46.1 Å². The molecule has 1 unspecified atom stereocenters. The number of nitrogens with zero attached hydrogens (tertiary/aromatic N) is 4. The third kappa shape index (κ3) is 3.11. The average molecular weight is 362 g/mol. The van der Waals surface area contributed by atoms with E-state index < -0.39 is 0 Å². The fourth-order valence-corrected chi connectivity index (χ4v) is 4.04. The summed E-state index contributed by atoms with van der Waals surface area (Å²) in [6, 6.07) is 10.5. The highest BCUT2D eigenvalue weighted by Gasteiger charge is 2.27. The van der Waals surface area contributed by atoms with E-state index in [1.807, 2.05) is 24.9 Å². The molecule has 0 radical (unpaired) electrons. The van der Waals surface area contributed by atoms with E-state index in [4.69, 9.17) is 4.98 Å². The highest BCUT2D eigenvalue weighted by Crippen LogP contribution is 2.29. The molecular weight excluding hydrogens is 336 g/mol. The number of likely N-dealkylation sites (tertiary alicyclic amines) is 1. The summed E-state index contributed by atoms with van der Waals surface area (Å²) < 4.78 is 1.78. The maximum absolute atomic E-state index is 13.5. The molecule has 1 fully saturated rings. The van der Waals surface area contributed by atoms with E-state index in [1.54, 1.807) is 4.68 Å². The van der Waals surface area contributed by atoms with Crippen molar-refractivity contribution >= 4 is 16.9 Å². The van der Waals surface area contributed by atoms with Crippen molar-refractivity contribution in [3.8, 4) is 11.3 Å². The van der Waals surface area contributed by atoms with Crippen LogP contribution < -0.4 is 0 Å². The van der Waals surface area contributed by atoms with Gasteiger partial charge in [-0.3, -0.25) is 9.48 Å². The van der Waals surface area contributed by atoms with Gasteiger partial charge in [0.15, 0.2) is 5.65 Å². The smallest absolute Gasteiger partial charge is 0.254 e. The zero-order chi connectivity index (χ0) is 19.1. The minimum absolute atomic E-state index is 0.0964. The lowest BCUT2D eigenvalue weighted by molar-refractivity contribution is 0.0637. The molecule has 1 saturated heterocycles. The lowest BCUT2D eigenvalue weighted by Gasteiger charge is -2.33. The molecule has 140 valence electrons. The van der Waals surface area contributed by atoms with Crippen LogP contribution in [0.4, 0.5) is 0 Å². The molecule has 1 aliphatic rings. The van der Waals surface area contributed by atoms with Crippen molar-refractivity contribution in [3.05, 3.63) is 47.2 Å². The van der Waals surface area contributed by atoms with Gasteiger partial charge in [0.25, 0.3) is 5.91 Å². The van der Waals surface area contributed by atoms with Gasteiger partial charge in [-0.25, -0.2) is 4.98 Å². The van der Waals surface area contributed by atoms with Crippen LogP contribution in [0.5, 0.6) is 0 Å². The van der Waals surface area contributed by atoms with Crippen LogP contribution in [0.2, 0.25) is 0 Å². The predicted octanol–water partition coefficient (Wildman–Crippen LogP) is 4.27. The number of pyridine rings is 1. The zero-order valence-electron chi connectivity index (χ0n) is 16.5. The van der Waals surface area contributed by atoms with Crippen molar-refractivity contribution in [3.63, 3.8) is 0 Å². The number of amides is 1. The quantitative estimate of drug-likeness (QED) is 0.684. The summed E-state index contributed by atoms with van der Waals surface area (Å²) in [5.41, 5.74) is 5.37. The fourth-order valence-electron chi connectivity index (χ4n) is 4.04. The van der Waals surface area contributed by atoms with Gasteiger partial charge in [0, 0.05) is 25.2 Å². The first-order chi connectivity index (χ1) is 13.0. The first-order valence-electron chi connectivity index (χ1n) is 9.68. The minimum Gasteiger partial charge on any atom is -0.336 e. The lowest BCUT2D eigenvalue weighted by atomic mass is 9.99. The summed E-state index contributed by atoms with van der Waals surface area (Å²) in [5.74, 6) is 0.0964. The Morgan fingerprint density at radius 3 is 2.59 bits per heavy atom. The standard InChI is InChI=1S/C22H26N4O/c1-14-8-10-17(11-9-14)19-13-18(20-16(3)24-25(4)21(20)23-19)22(27)26-12-6-5-7-15(26)2/h8-11,13,15H,5-7,12H2,1-4H3. The van der Waals surface area contributed by atoms with Gasteiger partial charge >= 0.3 is 0 Å². The van der Waals surface area contributed by atoms with Gasteiger partial charge in [-0.05, 0) is 46.1 Å². The number of piperidine rings is 1. The second-order valence-electron chi connectivity index (χ2n) is 7.67. The van der Waals surface area contributed by atoms with Crippen molar-refractivity contribution in [2.24, 2.45) is 7.05 Å². The number of benzene rings is 1. The Kier molecular flexibility index (Phi) is 4.46. The maximum atomic E-state index is 13.5. The molecule has 4 rings (SSSR count). The van der Waals surface area contributed by atoms with Gasteiger partial charge in [-0.2, -0.15) is 5.10 Å². The van der Waals surface area contributed by atoms with Crippen molar-refractivity contribution in [1.82, 2.24) is 19.7 Å². The summed E-state index contributed by atoms with van der Waals surface area (Å²) in [4.78, 5) is 20.3. The van der Waals surface area contributed by atoms with Crippen LogP contribution in [0.1, 0.15) is 47.8 Å². The Hall–Kier alpha value is -2.69. The molecule has 0 saturated carbocycles. The number of fused-ring (bicyclic) bond motifs is 1. The number of aryl methyl sites for hydroxylation is 3. The number of hydrogen-bond acceptors (Lipinski definition) is 3. The Balaban J connectivity index is 1.89. The van der Waals surface area contributed by atoms with E-state index >= 15 is 0 Å². The maximum Gasteiger partial charge on any atom is 0.254 e. The van der Waals surface area contributed by atoms with Gasteiger partial charge in [-0.1, -0.05) is 29.8 Å². The lowest BCUT2D eigenvalue weighted by Crippen LogP contribution is -2.42. The van der Waals surface area contributed by atoms with Crippen LogP contribution in [-0.2, 0) is 7.05 Å². The monoisotopic (exact) mass is 362 g/mol. The van der Waals surface area contributed by atoms with Crippen LogP contribution in [0, 0.1) is 13.8 Å². The molecule has 3 aromatic rings. The molecule has 1 aliphatic heterocycles. The number of carbonyl (C=O) groups is 1. The third-order valence-corrected chi connectivity index (χ3v) is 5.61. The molecule has 1 amide bonds. The Bertz CT molecular complexity index is 1000. The largest absolute Gasteiger partial charge is 0.336 e. The van der Waals surface area contributed by atoms with E-state index in [9.17, 15) is 4.79 Å². The number of aromatic nitrogens is 3. The zero-order valence-corrected chi connectivity index (χ0v) is 16.5. The number of carbonyl (C=O) groups excluding carboxylic acids is 1. The Labute approximate surface area is 160 Å². The topological polar surface area (TPSA) is 51.0 Å². The van der Waals surface area contributed by atoms with Crippen LogP contribution in [-0.4, -0.2) is 38.2 Å². The molecule has 0 bridgehead atoms. The van der Waals surface area contributed by atoms with Crippen molar-refractivity contribution in [2.75, 3.05) is 6.54 Å². The van der Waals surface area contributed by atoms with Crippen LogP contribution in [0.15, 0.2) is 30.3 Å². The third-order valence-electron chi connectivity index (χ3n) is 5.61. The average Bonchev–Trinajstić information content (AvgIpc) is 2.95. The summed E-state index contributed by atoms with van der Waals surface area (Å²) in [6.07, 6.45) is 3.33. The predicted molar refractivity (Wildman–Crippen MR) is 108 cm³/mol. The molecule has 5 heteroatoms. The van der Waals surface area contributed by atoms with Gasteiger partial charge < -0.3 is 4.90 Å². The van der Waals surface area contributed by atoms with Crippen molar-refractivity contribution in [1.29, 1.82) is 0 Å². The molecule has 5 nitrogen and oxygen atoms in total. The molecule has 1 atom stereocenters. The Morgan fingerprint density at radius 1 is 1.15 bits per heavy atom. The van der Waals surface area contributed by atoms with Crippen LogP contribution in [0.25, 0.3) is 22.3 Å². The van der Waals surface area contributed by atoms with Crippen LogP contribution >= 0.6 is 0 Å². The summed E-state index contributed by atoms with van der Waals surface area (Å²) in [5, 5.41) is 5.40. The molecule has 0 N–H and O–H groups in total. The van der Waals surface area contributed by atoms with E-state index in [0.29, 0.717) is 0 Å². The first-order valence-corrected chi connectivity index (χ1v) is 9.68. The Morgan fingerprint density at radius 2 is 1.89 bits per heavy atom. The normalized spacial score (nSPS) is 17.5. The molecule has 1 aromatic carbocycles. The van der Waals surface area contributed by atoms with Crippen molar-refractivity contribution < 1.29 is 4.79 Å². The first kappa shape index (κ1) is 17.7. The van der Waals surface area contributed by atoms with E-state index in [0.717, 1.165) is 52.9 Å². The summed E-state index contributed by atoms with van der Waals surface area (Å²) in [7, 11) is 1.89. The second-order valence-corrected chi connectivity index (χ2v) is 7.67. The van der Waals surface area contributed by atoms with Gasteiger partial charge in [0.1, 0.15) is 0 Å². The van der Waals surface area contributed by atoms with Crippen LogP contribution in [0.3, 0.4) is 0 Å². The minimum atomic E-state index is 0.0964. The fraction of sp³-hybridized carbons (Fsp3) is 0.409. The molecule has 27 heavy (non-hydrogen) atoms. The highest BCUT2D eigenvalue weighted by atomic mass is 16.2. The number of hydrogen-bond donors (Lipinski definition) is 0. The van der Waals surface area contributed by atoms with Gasteiger partial charge in [0.2, 0.25) is 0 Å². The van der Waals surface area contributed by atoms with E-state index in [2.05, 4.69) is 43.2 Å². The molecular formula is C22H26N4O. The molecule has 3 heterocycles. The molecule has 0 aliphatic carbocycles.